The molecule has 0 N–H and O–H groups in total. The van der Waals surface area contributed by atoms with Crippen molar-refractivity contribution in [2.75, 3.05) is 6.54 Å². The van der Waals surface area contributed by atoms with Gasteiger partial charge in [-0.1, -0.05) is 24.3 Å². The fraction of sp³-hybridized carbons (Fsp3) is 0.150. The van der Waals surface area contributed by atoms with Gasteiger partial charge in [0.05, 0.1) is 11.6 Å². The first-order valence-electron chi connectivity index (χ1n) is 8.11. The molecule has 1 aromatic heterocycles. The summed E-state index contributed by atoms with van der Waals surface area (Å²) in [7, 11) is 0. The highest BCUT2D eigenvalue weighted by molar-refractivity contribution is 5.95. The summed E-state index contributed by atoms with van der Waals surface area (Å²) in [5, 5.41) is 0. The van der Waals surface area contributed by atoms with Crippen LogP contribution in [0.25, 0.3) is 0 Å². The van der Waals surface area contributed by atoms with E-state index in [0.717, 1.165) is 11.3 Å². The van der Waals surface area contributed by atoms with Gasteiger partial charge in [-0.3, -0.25) is 4.79 Å². The summed E-state index contributed by atoms with van der Waals surface area (Å²) in [6, 6.07) is 15.6. The number of nitrogens with zero attached hydrogens (tertiary/aromatic N) is 2. The summed E-state index contributed by atoms with van der Waals surface area (Å²) in [6.45, 7) is 1.09. The average molecular weight is 338 g/mol. The molecule has 0 fully saturated rings. The zero-order chi connectivity index (χ0) is 17.4. The maximum atomic E-state index is 14.1. The van der Waals surface area contributed by atoms with Crippen LogP contribution in [0.15, 0.2) is 66.9 Å². The molecule has 1 aliphatic heterocycles. The van der Waals surface area contributed by atoms with Crippen LogP contribution < -0.4 is 0 Å². The quantitative estimate of drug-likeness (QED) is 0.693. The van der Waals surface area contributed by atoms with E-state index in [1.54, 1.807) is 29.2 Å². The summed E-state index contributed by atoms with van der Waals surface area (Å²) in [6.07, 6.45) is 1.96. The molecule has 0 saturated heterocycles. The maximum Gasteiger partial charge on any atom is 0.257 e. The first-order chi connectivity index (χ1) is 12.1. The highest BCUT2D eigenvalue weighted by Gasteiger charge is 2.33. The van der Waals surface area contributed by atoms with Crippen molar-refractivity contribution in [2.24, 2.45) is 0 Å². The largest absolute Gasteiger partial charge is 0.348 e. The van der Waals surface area contributed by atoms with Crippen LogP contribution in [0.4, 0.5) is 8.78 Å². The Morgan fingerprint density at radius 2 is 1.68 bits per heavy atom. The van der Waals surface area contributed by atoms with E-state index in [4.69, 9.17) is 0 Å². The summed E-state index contributed by atoms with van der Waals surface area (Å²) in [5.41, 5.74) is 1.78. The van der Waals surface area contributed by atoms with Gasteiger partial charge in [0.1, 0.15) is 11.6 Å². The second-order valence-corrected chi connectivity index (χ2v) is 6.06. The van der Waals surface area contributed by atoms with Crippen molar-refractivity contribution in [3.63, 3.8) is 0 Å². The third kappa shape index (κ3) is 2.71. The van der Waals surface area contributed by atoms with Crippen molar-refractivity contribution in [2.45, 2.75) is 12.6 Å². The molecule has 5 heteroatoms. The van der Waals surface area contributed by atoms with E-state index in [1.165, 1.54) is 24.3 Å². The third-order valence-corrected chi connectivity index (χ3v) is 4.59. The van der Waals surface area contributed by atoms with E-state index in [0.29, 0.717) is 13.1 Å². The van der Waals surface area contributed by atoms with Gasteiger partial charge >= 0.3 is 0 Å². The van der Waals surface area contributed by atoms with Gasteiger partial charge in [0.2, 0.25) is 0 Å². The number of fused-ring (bicyclic) bond motifs is 1. The summed E-state index contributed by atoms with van der Waals surface area (Å²) in [5.74, 6) is -1.23. The second-order valence-electron chi connectivity index (χ2n) is 6.06. The van der Waals surface area contributed by atoms with Crippen LogP contribution in [-0.2, 0) is 6.54 Å². The van der Waals surface area contributed by atoms with Gasteiger partial charge < -0.3 is 9.47 Å². The number of amides is 1. The van der Waals surface area contributed by atoms with E-state index < -0.39 is 5.82 Å². The van der Waals surface area contributed by atoms with E-state index in [9.17, 15) is 13.6 Å². The van der Waals surface area contributed by atoms with Gasteiger partial charge in [-0.15, -0.1) is 0 Å². The molecule has 0 aliphatic carbocycles. The first-order valence-corrected chi connectivity index (χ1v) is 8.11. The Morgan fingerprint density at radius 1 is 0.920 bits per heavy atom. The molecule has 1 atom stereocenters. The number of hydrogen-bond acceptors (Lipinski definition) is 1. The van der Waals surface area contributed by atoms with Crippen molar-refractivity contribution in [3.8, 4) is 0 Å². The van der Waals surface area contributed by atoms with Gasteiger partial charge in [0.25, 0.3) is 5.91 Å². The minimum Gasteiger partial charge on any atom is -0.348 e. The molecule has 4 rings (SSSR count). The number of halogens is 2. The zero-order valence-electron chi connectivity index (χ0n) is 13.4. The summed E-state index contributed by atoms with van der Waals surface area (Å²) in [4.78, 5) is 14.7. The number of carbonyl (C=O) groups excluding carboxylic acids is 1. The Bertz CT molecular complexity index is 917. The number of rotatable bonds is 2. The van der Waals surface area contributed by atoms with E-state index >= 15 is 0 Å². The predicted molar refractivity (Wildman–Crippen MR) is 90.1 cm³/mol. The fourth-order valence-electron chi connectivity index (χ4n) is 3.39. The van der Waals surface area contributed by atoms with Gasteiger partial charge in [-0.2, -0.15) is 0 Å². The van der Waals surface area contributed by atoms with E-state index in [-0.39, 0.29) is 23.3 Å². The lowest BCUT2D eigenvalue weighted by Gasteiger charge is -2.37. The highest BCUT2D eigenvalue weighted by atomic mass is 19.1. The minimum absolute atomic E-state index is 0.0506. The van der Waals surface area contributed by atoms with Gasteiger partial charge in [-0.05, 0) is 42.0 Å². The highest BCUT2D eigenvalue weighted by Crippen LogP contribution is 2.33. The summed E-state index contributed by atoms with van der Waals surface area (Å²) >= 11 is 0. The molecule has 0 radical (unpaired) electrons. The SMILES string of the molecule is O=C(c1ccccc1F)N1CCn2cccc2C1c1ccc(F)cc1. The van der Waals surface area contributed by atoms with Crippen LogP contribution in [0.1, 0.15) is 27.7 Å². The van der Waals surface area contributed by atoms with Crippen LogP contribution in [0.3, 0.4) is 0 Å². The molecular weight excluding hydrogens is 322 g/mol. The molecule has 2 heterocycles. The lowest BCUT2D eigenvalue weighted by Crippen LogP contribution is -2.42. The standard InChI is InChI=1S/C20H16F2N2O/c21-15-9-7-14(8-10-15)19-18-6-3-11-23(18)12-13-24(19)20(25)16-4-1-2-5-17(16)22/h1-11,19H,12-13H2. The molecule has 0 spiro atoms. The molecule has 0 saturated carbocycles. The zero-order valence-corrected chi connectivity index (χ0v) is 13.4. The smallest absolute Gasteiger partial charge is 0.257 e. The van der Waals surface area contributed by atoms with Crippen molar-refractivity contribution < 1.29 is 13.6 Å². The Kier molecular flexibility index (Phi) is 3.84. The van der Waals surface area contributed by atoms with E-state index in [1.807, 2.05) is 18.3 Å². The first kappa shape index (κ1) is 15.6. The molecule has 1 amide bonds. The molecule has 1 unspecified atom stereocenters. The fourth-order valence-corrected chi connectivity index (χ4v) is 3.39. The molecule has 3 nitrogen and oxygen atoms in total. The third-order valence-electron chi connectivity index (χ3n) is 4.59. The molecule has 2 aromatic carbocycles. The molecule has 25 heavy (non-hydrogen) atoms. The second kappa shape index (κ2) is 6.16. The molecule has 3 aromatic rings. The van der Waals surface area contributed by atoms with E-state index in [2.05, 4.69) is 4.57 Å². The molecule has 126 valence electrons. The maximum absolute atomic E-state index is 14.1. The van der Waals surface area contributed by atoms with Crippen molar-refractivity contribution in [1.82, 2.24) is 9.47 Å². The Hall–Kier alpha value is -2.95. The topological polar surface area (TPSA) is 25.2 Å². The molecule has 1 aliphatic rings. The number of carbonyl (C=O) groups is 1. The lowest BCUT2D eigenvalue weighted by molar-refractivity contribution is 0.0659. The average Bonchev–Trinajstić information content (AvgIpc) is 3.10. The number of hydrogen-bond donors (Lipinski definition) is 0. The van der Waals surface area contributed by atoms with Crippen molar-refractivity contribution in [1.29, 1.82) is 0 Å². The number of benzene rings is 2. The van der Waals surface area contributed by atoms with Crippen LogP contribution in [0, 0.1) is 11.6 Å². The van der Waals surface area contributed by atoms with Gasteiger partial charge in [0, 0.05) is 25.0 Å². The monoisotopic (exact) mass is 338 g/mol. The Morgan fingerprint density at radius 3 is 2.44 bits per heavy atom. The number of aromatic nitrogens is 1. The van der Waals surface area contributed by atoms with Crippen LogP contribution in [0.5, 0.6) is 0 Å². The molecular formula is C20H16F2N2O. The normalized spacial score (nSPS) is 16.6. The van der Waals surface area contributed by atoms with Crippen LogP contribution >= 0.6 is 0 Å². The van der Waals surface area contributed by atoms with Gasteiger partial charge in [-0.25, -0.2) is 8.78 Å². The van der Waals surface area contributed by atoms with Crippen molar-refractivity contribution in [3.05, 3.63) is 95.3 Å². The van der Waals surface area contributed by atoms with Crippen LogP contribution in [0.2, 0.25) is 0 Å². The predicted octanol–water partition coefficient (Wildman–Crippen LogP) is 4.01. The van der Waals surface area contributed by atoms with Crippen molar-refractivity contribution >= 4 is 5.91 Å². The molecule has 0 bridgehead atoms. The van der Waals surface area contributed by atoms with Gasteiger partial charge in [0.15, 0.2) is 0 Å². The lowest BCUT2D eigenvalue weighted by atomic mass is 9.98. The minimum atomic E-state index is -0.536. The van der Waals surface area contributed by atoms with Crippen LogP contribution in [-0.4, -0.2) is 21.9 Å². The summed E-state index contributed by atoms with van der Waals surface area (Å²) < 4.78 is 29.5. The Labute approximate surface area is 144 Å². The Balaban J connectivity index is 1.79.